The fraction of sp³-hybridized carbons (Fsp3) is 0.357. The maximum absolute atomic E-state index is 13.3. The average Bonchev–Trinajstić information content (AvgIpc) is 2.80. The summed E-state index contributed by atoms with van der Waals surface area (Å²) in [6.07, 6.45) is 1.78. The van der Waals surface area contributed by atoms with Crippen molar-refractivity contribution in [3.8, 4) is 11.4 Å². The first kappa shape index (κ1) is 14.2. The first-order valence-electron chi connectivity index (χ1n) is 6.26. The van der Waals surface area contributed by atoms with Gasteiger partial charge in [0.15, 0.2) is 0 Å². The van der Waals surface area contributed by atoms with Gasteiger partial charge in [-0.1, -0.05) is 29.8 Å². The highest BCUT2D eigenvalue weighted by Gasteiger charge is 2.08. The van der Waals surface area contributed by atoms with Gasteiger partial charge in [0, 0.05) is 28.5 Å². The van der Waals surface area contributed by atoms with E-state index in [2.05, 4.69) is 45.1 Å². The lowest BCUT2D eigenvalue weighted by atomic mass is 10.2. The van der Waals surface area contributed by atoms with Crippen LogP contribution in [-0.4, -0.2) is 16.5 Å². The minimum Gasteiger partial charge on any atom is -0.341 e. The molecule has 0 bridgehead atoms. The molecular weight excluding hydrogens is 309 g/mol. The molecule has 0 saturated carbocycles. The van der Waals surface area contributed by atoms with Crippen molar-refractivity contribution in [2.24, 2.45) is 5.92 Å². The van der Waals surface area contributed by atoms with E-state index < -0.39 is 0 Å². The second kappa shape index (κ2) is 6.30. The molecule has 5 heteroatoms. The van der Waals surface area contributed by atoms with E-state index in [0.717, 1.165) is 28.8 Å². The van der Waals surface area contributed by atoms with Crippen LogP contribution < -0.4 is 5.32 Å². The summed E-state index contributed by atoms with van der Waals surface area (Å²) in [5.74, 6) is 1.02. The van der Waals surface area contributed by atoms with Gasteiger partial charge >= 0.3 is 0 Å². The van der Waals surface area contributed by atoms with Crippen molar-refractivity contribution in [2.45, 2.75) is 20.4 Å². The average molecular weight is 326 g/mol. The Labute approximate surface area is 120 Å². The molecule has 0 amide bonds. The summed E-state index contributed by atoms with van der Waals surface area (Å²) in [7, 11) is 0. The predicted molar refractivity (Wildman–Crippen MR) is 78.2 cm³/mol. The molecular formula is C14H17BrFN3. The van der Waals surface area contributed by atoms with Crippen molar-refractivity contribution in [3.63, 3.8) is 0 Å². The molecule has 1 aromatic carbocycles. The summed E-state index contributed by atoms with van der Waals surface area (Å²) in [5, 5.41) is 3.33. The van der Waals surface area contributed by atoms with Crippen LogP contribution in [0.25, 0.3) is 11.4 Å². The number of nitrogens with one attached hydrogen (secondary N) is 2. The Balaban J connectivity index is 2.10. The van der Waals surface area contributed by atoms with Gasteiger partial charge in [0.2, 0.25) is 0 Å². The molecule has 0 atom stereocenters. The van der Waals surface area contributed by atoms with Crippen LogP contribution in [0.5, 0.6) is 0 Å². The summed E-state index contributed by atoms with van der Waals surface area (Å²) in [6.45, 7) is 6.01. The number of hydrogen-bond acceptors (Lipinski definition) is 2. The maximum Gasteiger partial charge on any atom is 0.138 e. The standard InChI is InChI=1S/C14H17BrFN3/c1-9(2)6-17-7-11-8-18-14(19-11)12-5-10(16)3-4-13(12)15/h3-5,8-9,17H,6-7H2,1-2H3,(H,18,19). The van der Waals surface area contributed by atoms with Gasteiger partial charge in [-0.05, 0) is 30.7 Å². The molecule has 0 aliphatic rings. The molecule has 0 radical (unpaired) electrons. The topological polar surface area (TPSA) is 40.7 Å². The SMILES string of the molecule is CC(C)CNCc1cnc(-c2cc(F)ccc2Br)[nH]1. The Morgan fingerprint density at radius 3 is 2.95 bits per heavy atom. The molecule has 0 spiro atoms. The molecule has 0 aliphatic carbocycles. The second-order valence-electron chi connectivity index (χ2n) is 4.91. The zero-order chi connectivity index (χ0) is 13.8. The van der Waals surface area contributed by atoms with Gasteiger partial charge in [-0.15, -0.1) is 0 Å². The number of hydrogen-bond donors (Lipinski definition) is 2. The van der Waals surface area contributed by atoms with Crippen molar-refractivity contribution in [1.29, 1.82) is 0 Å². The van der Waals surface area contributed by atoms with E-state index in [-0.39, 0.29) is 5.82 Å². The fourth-order valence-corrected chi connectivity index (χ4v) is 2.19. The number of benzene rings is 1. The zero-order valence-corrected chi connectivity index (χ0v) is 12.6. The van der Waals surface area contributed by atoms with Gasteiger partial charge in [-0.2, -0.15) is 0 Å². The molecule has 1 aromatic heterocycles. The van der Waals surface area contributed by atoms with E-state index in [1.54, 1.807) is 12.3 Å². The smallest absolute Gasteiger partial charge is 0.138 e. The Bertz CT molecular complexity index is 551. The summed E-state index contributed by atoms with van der Waals surface area (Å²) >= 11 is 3.41. The molecule has 2 rings (SSSR count). The number of nitrogens with zero attached hydrogens (tertiary/aromatic N) is 1. The van der Waals surface area contributed by atoms with Crippen LogP contribution in [0.3, 0.4) is 0 Å². The molecule has 2 aromatic rings. The third-order valence-corrected chi connectivity index (χ3v) is 3.37. The van der Waals surface area contributed by atoms with E-state index in [4.69, 9.17) is 0 Å². The Hall–Kier alpha value is -1.20. The molecule has 0 fully saturated rings. The largest absolute Gasteiger partial charge is 0.341 e. The van der Waals surface area contributed by atoms with Crippen LogP contribution in [0.1, 0.15) is 19.5 Å². The van der Waals surface area contributed by atoms with Gasteiger partial charge in [-0.25, -0.2) is 9.37 Å². The minimum absolute atomic E-state index is 0.269. The molecule has 0 aliphatic heterocycles. The summed E-state index contributed by atoms with van der Waals surface area (Å²) in [5.41, 5.74) is 1.72. The van der Waals surface area contributed by atoms with Crippen molar-refractivity contribution in [3.05, 3.63) is 40.4 Å². The third-order valence-electron chi connectivity index (χ3n) is 2.68. The van der Waals surface area contributed by atoms with Gasteiger partial charge in [-0.3, -0.25) is 0 Å². The first-order valence-corrected chi connectivity index (χ1v) is 7.05. The zero-order valence-electron chi connectivity index (χ0n) is 11.0. The van der Waals surface area contributed by atoms with E-state index in [9.17, 15) is 4.39 Å². The highest BCUT2D eigenvalue weighted by atomic mass is 79.9. The van der Waals surface area contributed by atoms with Gasteiger partial charge < -0.3 is 10.3 Å². The van der Waals surface area contributed by atoms with Crippen LogP contribution in [0, 0.1) is 11.7 Å². The van der Waals surface area contributed by atoms with Crippen LogP contribution >= 0.6 is 15.9 Å². The van der Waals surface area contributed by atoms with Crippen molar-refractivity contribution < 1.29 is 4.39 Å². The number of aromatic nitrogens is 2. The first-order chi connectivity index (χ1) is 9.06. The summed E-state index contributed by atoms with van der Waals surface area (Å²) in [4.78, 5) is 7.49. The normalized spacial score (nSPS) is 11.2. The van der Waals surface area contributed by atoms with Crippen LogP contribution in [0.15, 0.2) is 28.9 Å². The van der Waals surface area contributed by atoms with Gasteiger partial charge in [0.05, 0.1) is 0 Å². The van der Waals surface area contributed by atoms with Gasteiger partial charge in [0.1, 0.15) is 11.6 Å². The fourth-order valence-electron chi connectivity index (χ4n) is 1.76. The van der Waals surface area contributed by atoms with Crippen LogP contribution in [0.2, 0.25) is 0 Å². The number of rotatable bonds is 5. The molecule has 1 heterocycles. The number of aromatic amines is 1. The minimum atomic E-state index is -0.269. The Morgan fingerprint density at radius 2 is 2.21 bits per heavy atom. The lowest BCUT2D eigenvalue weighted by Gasteiger charge is -2.05. The number of halogens is 2. The molecule has 2 N–H and O–H groups in total. The number of H-pyrrole nitrogens is 1. The lowest BCUT2D eigenvalue weighted by molar-refractivity contribution is 0.549. The highest BCUT2D eigenvalue weighted by Crippen LogP contribution is 2.26. The second-order valence-corrected chi connectivity index (χ2v) is 5.76. The highest BCUT2D eigenvalue weighted by molar-refractivity contribution is 9.10. The van der Waals surface area contributed by atoms with Crippen molar-refractivity contribution in [1.82, 2.24) is 15.3 Å². The molecule has 0 saturated heterocycles. The van der Waals surface area contributed by atoms with E-state index in [1.807, 2.05) is 0 Å². The molecule has 3 nitrogen and oxygen atoms in total. The van der Waals surface area contributed by atoms with E-state index in [1.165, 1.54) is 12.1 Å². The van der Waals surface area contributed by atoms with Crippen LogP contribution in [-0.2, 0) is 6.54 Å². The van der Waals surface area contributed by atoms with Crippen molar-refractivity contribution in [2.75, 3.05) is 6.54 Å². The Morgan fingerprint density at radius 1 is 1.42 bits per heavy atom. The maximum atomic E-state index is 13.3. The Kier molecular flexibility index (Phi) is 4.71. The van der Waals surface area contributed by atoms with Gasteiger partial charge in [0.25, 0.3) is 0 Å². The summed E-state index contributed by atoms with van der Waals surface area (Å²) < 4.78 is 14.1. The molecule has 0 unspecified atom stereocenters. The third kappa shape index (κ3) is 3.88. The number of imidazole rings is 1. The van der Waals surface area contributed by atoms with Crippen molar-refractivity contribution >= 4 is 15.9 Å². The quantitative estimate of drug-likeness (QED) is 0.879. The monoisotopic (exact) mass is 325 g/mol. The van der Waals surface area contributed by atoms with E-state index >= 15 is 0 Å². The predicted octanol–water partition coefficient (Wildman–Crippen LogP) is 3.72. The summed E-state index contributed by atoms with van der Waals surface area (Å²) in [6, 6.07) is 4.57. The van der Waals surface area contributed by atoms with E-state index in [0.29, 0.717) is 11.7 Å². The lowest BCUT2D eigenvalue weighted by Crippen LogP contribution is -2.19. The van der Waals surface area contributed by atoms with Crippen LogP contribution in [0.4, 0.5) is 4.39 Å². The molecule has 102 valence electrons. The molecule has 19 heavy (non-hydrogen) atoms.